The fourth-order valence-electron chi connectivity index (χ4n) is 2.81. The first kappa shape index (κ1) is 17.7. The molecule has 0 spiro atoms. The first-order valence-electron chi connectivity index (χ1n) is 7.72. The first-order valence-corrected chi connectivity index (χ1v) is 8.80. The van der Waals surface area contributed by atoms with Gasteiger partial charge in [0.05, 0.1) is 12.2 Å². The second kappa shape index (κ2) is 7.27. The van der Waals surface area contributed by atoms with E-state index in [-0.39, 0.29) is 23.7 Å². The topological polar surface area (TPSA) is 41.6 Å². The molecule has 1 fully saturated rings. The molecule has 1 N–H and O–H groups in total. The Morgan fingerprint density at radius 2 is 2.00 bits per heavy atom. The average molecular weight is 416 g/mol. The number of nitrogens with one attached hydrogen (secondary N) is 1. The smallest absolute Gasteiger partial charge is 0.251 e. The molecule has 5 heteroatoms. The van der Waals surface area contributed by atoms with Crippen molar-refractivity contribution in [2.24, 2.45) is 0 Å². The summed E-state index contributed by atoms with van der Waals surface area (Å²) >= 11 is 2.22. The van der Waals surface area contributed by atoms with Gasteiger partial charge >= 0.3 is 0 Å². The van der Waals surface area contributed by atoms with Crippen molar-refractivity contribution in [1.29, 1.82) is 0 Å². The summed E-state index contributed by atoms with van der Waals surface area (Å²) in [5, 5.41) is 3.07. The molecule has 0 aliphatic carbocycles. The predicted octanol–water partition coefficient (Wildman–Crippen LogP) is 2.91. The molecule has 1 amide bonds. The van der Waals surface area contributed by atoms with Gasteiger partial charge in [0.25, 0.3) is 5.91 Å². The highest BCUT2D eigenvalue weighted by Crippen LogP contribution is 2.20. The van der Waals surface area contributed by atoms with Crippen molar-refractivity contribution in [2.45, 2.75) is 45.4 Å². The summed E-state index contributed by atoms with van der Waals surface area (Å²) in [6, 6.07) is 7.65. The molecule has 0 bridgehead atoms. The van der Waals surface area contributed by atoms with Crippen molar-refractivity contribution in [3.63, 3.8) is 0 Å². The summed E-state index contributed by atoms with van der Waals surface area (Å²) in [7, 11) is 0. The summed E-state index contributed by atoms with van der Waals surface area (Å²) in [6.45, 7) is 11.0. The molecule has 2 rings (SSSR count). The van der Waals surface area contributed by atoms with E-state index in [0.717, 1.165) is 16.7 Å². The van der Waals surface area contributed by atoms with E-state index in [1.807, 2.05) is 24.3 Å². The molecule has 1 heterocycles. The van der Waals surface area contributed by atoms with Gasteiger partial charge in [0, 0.05) is 34.3 Å². The molecule has 0 unspecified atom stereocenters. The van der Waals surface area contributed by atoms with Gasteiger partial charge in [-0.05, 0) is 68.5 Å². The van der Waals surface area contributed by atoms with Crippen LogP contribution in [0.5, 0.6) is 0 Å². The Balaban J connectivity index is 1.95. The molecule has 1 aromatic rings. The van der Waals surface area contributed by atoms with Crippen LogP contribution in [0.4, 0.5) is 0 Å². The average Bonchev–Trinajstić information content (AvgIpc) is 2.44. The Hall–Kier alpha value is -0.660. The summed E-state index contributed by atoms with van der Waals surface area (Å²) in [5.41, 5.74) is 0.621. The van der Waals surface area contributed by atoms with Gasteiger partial charge in [-0.3, -0.25) is 9.69 Å². The van der Waals surface area contributed by atoms with Gasteiger partial charge in [-0.15, -0.1) is 0 Å². The Labute approximate surface area is 146 Å². The number of amides is 1. The van der Waals surface area contributed by atoms with E-state index in [1.165, 1.54) is 0 Å². The molecule has 122 valence electrons. The van der Waals surface area contributed by atoms with Crippen LogP contribution in [-0.4, -0.2) is 48.2 Å². The lowest BCUT2D eigenvalue weighted by molar-refractivity contribution is -0.0948. The Kier molecular flexibility index (Phi) is 5.85. The van der Waals surface area contributed by atoms with Gasteiger partial charge < -0.3 is 10.1 Å². The van der Waals surface area contributed by atoms with Crippen LogP contribution in [0.2, 0.25) is 0 Å². The van der Waals surface area contributed by atoms with Crippen molar-refractivity contribution in [3.05, 3.63) is 33.4 Å². The quantitative estimate of drug-likeness (QED) is 0.768. The number of nitrogens with zero attached hydrogens (tertiary/aromatic N) is 1. The number of morpholine rings is 1. The van der Waals surface area contributed by atoms with E-state index in [4.69, 9.17) is 4.74 Å². The minimum absolute atomic E-state index is 0.0130. The summed E-state index contributed by atoms with van der Waals surface area (Å²) in [4.78, 5) is 14.7. The van der Waals surface area contributed by atoms with Crippen molar-refractivity contribution in [1.82, 2.24) is 10.2 Å². The number of hydrogen-bond donors (Lipinski definition) is 1. The monoisotopic (exact) mass is 416 g/mol. The Morgan fingerprint density at radius 1 is 1.36 bits per heavy atom. The fourth-order valence-corrected chi connectivity index (χ4v) is 3.36. The van der Waals surface area contributed by atoms with Gasteiger partial charge in [0.1, 0.15) is 0 Å². The highest BCUT2D eigenvalue weighted by molar-refractivity contribution is 14.1. The Morgan fingerprint density at radius 3 is 2.59 bits per heavy atom. The van der Waals surface area contributed by atoms with Crippen LogP contribution < -0.4 is 5.32 Å². The van der Waals surface area contributed by atoms with E-state index in [2.05, 4.69) is 60.5 Å². The summed E-state index contributed by atoms with van der Waals surface area (Å²) in [6.07, 6.45) is 0.462. The molecule has 1 aliphatic heterocycles. The molecule has 0 saturated carbocycles. The van der Waals surface area contributed by atoms with Crippen molar-refractivity contribution in [3.8, 4) is 0 Å². The van der Waals surface area contributed by atoms with Gasteiger partial charge in [-0.1, -0.05) is 6.07 Å². The molecule has 1 saturated heterocycles. The zero-order valence-corrected chi connectivity index (χ0v) is 15.9. The van der Waals surface area contributed by atoms with Crippen LogP contribution in [0.1, 0.15) is 38.1 Å². The number of hydrogen-bond acceptors (Lipinski definition) is 3. The third-order valence-corrected chi connectivity index (χ3v) is 4.72. The summed E-state index contributed by atoms with van der Waals surface area (Å²) in [5.74, 6) is -0.0130. The van der Waals surface area contributed by atoms with Gasteiger partial charge in [0.2, 0.25) is 0 Å². The second-order valence-electron chi connectivity index (χ2n) is 6.67. The van der Waals surface area contributed by atoms with Crippen molar-refractivity contribution < 1.29 is 9.53 Å². The third kappa shape index (κ3) is 4.67. The third-order valence-electron chi connectivity index (χ3n) is 4.04. The van der Waals surface area contributed by atoms with Crippen LogP contribution in [-0.2, 0) is 4.74 Å². The number of rotatable bonds is 4. The predicted molar refractivity (Wildman–Crippen MR) is 97.2 cm³/mol. The van der Waals surface area contributed by atoms with Crippen LogP contribution in [0, 0.1) is 3.57 Å². The molecule has 22 heavy (non-hydrogen) atoms. The summed E-state index contributed by atoms with van der Waals surface area (Å²) < 4.78 is 6.86. The number of ether oxygens (including phenoxy) is 1. The largest absolute Gasteiger partial charge is 0.373 e. The molecule has 1 aliphatic rings. The zero-order valence-electron chi connectivity index (χ0n) is 13.7. The van der Waals surface area contributed by atoms with E-state index in [0.29, 0.717) is 12.1 Å². The van der Waals surface area contributed by atoms with E-state index in [9.17, 15) is 4.79 Å². The number of carbonyl (C=O) groups excluding carboxylic acids is 1. The minimum Gasteiger partial charge on any atom is -0.373 e. The standard InChI is InChI=1S/C17H25IN2O2/c1-12-9-20(10-13(2)22-12)17(3,4)11-19-16(21)14-6-5-7-15(18)8-14/h5-8,12-13H,9-11H2,1-4H3,(H,19,21)/t12-,13-/m1/s1. The van der Waals surface area contributed by atoms with E-state index < -0.39 is 0 Å². The van der Waals surface area contributed by atoms with Gasteiger partial charge in [0.15, 0.2) is 0 Å². The van der Waals surface area contributed by atoms with E-state index in [1.54, 1.807) is 0 Å². The van der Waals surface area contributed by atoms with Crippen LogP contribution >= 0.6 is 22.6 Å². The first-order chi connectivity index (χ1) is 10.3. The minimum atomic E-state index is -0.0934. The lowest BCUT2D eigenvalue weighted by Gasteiger charge is -2.45. The zero-order chi connectivity index (χ0) is 16.3. The molecule has 1 aromatic carbocycles. The van der Waals surface area contributed by atoms with Gasteiger partial charge in [-0.25, -0.2) is 0 Å². The van der Waals surface area contributed by atoms with Crippen LogP contribution in [0.3, 0.4) is 0 Å². The Bertz CT molecular complexity index is 523. The maximum atomic E-state index is 12.3. The van der Waals surface area contributed by atoms with Crippen molar-refractivity contribution in [2.75, 3.05) is 19.6 Å². The lowest BCUT2D eigenvalue weighted by atomic mass is 10.00. The number of benzene rings is 1. The number of carbonyl (C=O) groups is 1. The lowest BCUT2D eigenvalue weighted by Crippen LogP contribution is -2.58. The SMILES string of the molecule is C[C@@H]1CN(C(C)(C)CNC(=O)c2cccc(I)c2)C[C@@H](C)O1. The van der Waals surface area contributed by atoms with Crippen LogP contribution in [0.15, 0.2) is 24.3 Å². The normalized spacial score (nSPS) is 23.3. The molecular formula is C17H25IN2O2. The molecule has 0 aromatic heterocycles. The van der Waals surface area contributed by atoms with Gasteiger partial charge in [-0.2, -0.15) is 0 Å². The van der Waals surface area contributed by atoms with Crippen molar-refractivity contribution >= 4 is 28.5 Å². The van der Waals surface area contributed by atoms with Crippen LogP contribution in [0.25, 0.3) is 0 Å². The maximum Gasteiger partial charge on any atom is 0.251 e. The molecular weight excluding hydrogens is 391 g/mol. The molecule has 0 radical (unpaired) electrons. The second-order valence-corrected chi connectivity index (χ2v) is 7.91. The maximum absolute atomic E-state index is 12.3. The highest BCUT2D eigenvalue weighted by Gasteiger charge is 2.33. The molecule has 4 nitrogen and oxygen atoms in total. The fraction of sp³-hybridized carbons (Fsp3) is 0.588. The van der Waals surface area contributed by atoms with E-state index >= 15 is 0 Å². The molecule has 2 atom stereocenters. The highest BCUT2D eigenvalue weighted by atomic mass is 127. The number of halogens is 1.